The molecule has 1 atom stereocenters. The zero-order valence-electron chi connectivity index (χ0n) is 10.9. The van der Waals surface area contributed by atoms with Crippen molar-refractivity contribution in [2.45, 2.75) is 25.5 Å². The predicted molar refractivity (Wildman–Crippen MR) is 68.7 cm³/mol. The molecule has 0 aromatic heterocycles. The second kappa shape index (κ2) is 6.12. The number of likely N-dealkylation sites (N-methyl/N-ethyl adjacent to an activating group) is 1. The van der Waals surface area contributed by atoms with Crippen molar-refractivity contribution >= 4 is 5.97 Å². The van der Waals surface area contributed by atoms with Crippen LogP contribution in [0.25, 0.3) is 0 Å². The number of carbonyl (C=O) groups is 1. The maximum Gasteiger partial charge on any atom is 0.335 e. The number of ether oxygens (including phenoxy) is 1. The number of nitrogens with zero attached hydrogens (tertiary/aromatic N) is 1. The Morgan fingerprint density at radius 2 is 2.37 bits per heavy atom. The second-order valence-corrected chi connectivity index (χ2v) is 4.94. The smallest absolute Gasteiger partial charge is 0.335 e. The van der Waals surface area contributed by atoms with Crippen LogP contribution in [0.3, 0.4) is 0 Å². The van der Waals surface area contributed by atoms with E-state index in [4.69, 9.17) is 9.84 Å². The van der Waals surface area contributed by atoms with E-state index in [0.29, 0.717) is 12.1 Å². The minimum absolute atomic E-state index is 0.0250. The van der Waals surface area contributed by atoms with Gasteiger partial charge in [-0.3, -0.25) is 4.90 Å². The molecule has 104 valence electrons. The van der Waals surface area contributed by atoms with Crippen molar-refractivity contribution in [1.29, 1.82) is 0 Å². The molecule has 1 N–H and O–H groups in total. The van der Waals surface area contributed by atoms with E-state index in [1.54, 1.807) is 0 Å². The van der Waals surface area contributed by atoms with Gasteiger partial charge in [0.2, 0.25) is 0 Å². The van der Waals surface area contributed by atoms with Crippen LogP contribution in [-0.2, 0) is 11.3 Å². The molecule has 1 aromatic rings. The van der Waals surface area contributed by atoms with Gasteiger partial charge < -0.3 is 9.84 Å². The van der Waals surface area contributed by atoms with Crippen molar-refractivity contribution in [3.05, 3.63) is 35.1 Å². The summed E-state index contributed by atoms with van der Waals surface area (Å²) < 4.78 is 19.3. The molecule has 1 saturated heterocycles. The molecular weight excluding hydrogens is 249 g/mol. The Kier molecular flexibility index (Phi) is 4.50. The number of hydrogen-bond donors (Lipinski definition) is 1. The normalized spacial score (nSPS) is 19.0. The van der Waals surface area contributed by atoms with Gasteiger partial charge in [-0.2, -0.15) is 0 Å². The summed E-state index contributed by atoms with van der Waals surface area (Å²) in [7, 11) is 1.91. The standard InChI is InChI=1S/C14H18FNO3/c1-16(9-12-3-2-6-19-12)8-11-5-4-10(14(17)18)7-13(11)15/h4-5,7,12H,2-3,6,8-9H2,1H3,(H,17,18). The number of halogens is 1. The Morgan fingerprint density at radius 1 is 1.58 bits per heavy atom. The monoisotopic (exact) mass is 267 g/mol. The summed E-state index contributed by atoms with van der Waals surface area (Å²) in [6, 6.07) is 4.03. The van der Waals surface area contributed by atoms with Gasteiger partial charge >= 0.3 is 5.97 Å². The van der Waals surface area contributed by atoms with Crippen LogP contribution in [0.15, 0.2) is 18.2 Å². The number of benzene rings is 1. The summed E-state index contributed by atoms with van der Waals surface area (Å²) in [6.07, 6.45) is 2.36. The average molecular weight is 267 g/mol. The van der Waals surface area contributed by atoms with Crippen LogP contribution in [0.1, 0.15) is 28.8 Å². The fraction of sp³-hybridized carbons (Fsp3) is 0.500. The molecule has 0 radical (unpaired) electrons. The van der Waals surface area contributed by atoms with Crippen LogP contribution in [0.4, 0.5) is 4.39 Å². The maximum absolute atomic E-state index is 13.8. The predicted octanol–water partition coefficient (Wildman–Crippen LogP) is 2.13. The van der Waals surface area contributed by atoms with E-state index >= 15 is 0 Å². The summed E-state index contributed by atoms with van der Waals surface area (Å²) in [5.74, 6) is -1.59. The molecule has 1 heterocycles. The van der Waals surface area contributed by atoms with Crippen LogP contribution in [0.5, 0.6) is 0 Å². The van der Waals surface area contributed by atoms with E-state index in [1.165, 1.54) is 12.1 Å². The second-order valence-electron chi connectivity index (χ2n) is 4.94. The van der Waals surface area contributed by atoms with Crippen LogP contribution >= 0.6 is 0 Å². The molecular formula is C14H18FNO3. The minimum atomic E-state index is -1.11. The summed E-state index contributed by atoms with van der Waals surface area (Å²) >= 11 is 0. The van der Waals surface area contributed by atoms with Crippen LogP contribution < -0.4 is 0 Å². The van der Waals surface area contributed by atoms with Crippen molar-refractivity contribution in [1.82, 2.24) is 4.90 Å². The average Bonchev–Trinajstić information content (AvgIpc) is 2.84. The molecule has 5 heteroatoms. The Morgan fingerprint density at radius 3 is 2.95 bits per heavy atom. The highest BCUT2D eigenvalue weighted by Crippen LogP contribution is 2.16. The highest BCUT2D eigenvalue weighted by Gasteiger charge is 2.18. The van der Waals surface area contributed by atoms with Gasteiger partial charge in [-0.25, -0.2) is 9.18 Å². The highest BCUT2D eigenvalue weighted by molar-refractivity contribution is 5.87. The quantitative estimate of drug-likeness (QED) is 0.888. The number of hydrogen-bond acceptors (Lipinski definition) is 3. The van der Waals surface area contributed by atoms with Crippen LogP contribution in [0, 0.1) is 5.82 Å². The molecule has 0 saturated carbocycles. The van der Waals surface area contributed by atoms with Crippen molar-refractivity contribution in [2.24, 2.45) is 0 Å². The first kappa shape index (κ1) is 14.0. The highest BCUT2D eigenvalue weighted by atomic mass is 19.1. The summed E-state index contributed by atoms with van der Waals surface area (Å²) in [4.78, 5) is 12.7. The molecule has 0 amide bonds. The number of carboxylic acids is 1. The van der Waals surface area contributed by atoms with Gasteiger partial charge in [0.25, 0.3) is 0 Å². The van der Waals surface area contributed by atoms with Crippen molar-refractivity contribution in [3.8, 4) is 0 Å². The summed E-state index contributed by atoms with van der Waals surface area (Å²) in [5, 5.41) is 8.78. The van der Waals surface area contributed by atoms with Gasteiger partial charge in [0.05, 0.1) is 11.7 Å². The third kappa shape index (κ3) is 3.75. The van der Waals surface area contributed by atoms with E-state index in [-0.39, 0.29) is 11.7 Å². The Bertz CT molecular complexity index is 458. The third-order valence-corrected chi connectivity index (χ3v) is 3.28. The lowest BCUT2D eigenvalue weighted by atomic mass is 10.1. The van der Waals surface area contributed by atoms with E-state index in [2.05, 4.69) is 0 Å². The zero-order valence-corrected chi connectivity index (χ0v) is 10.9. The lowest BCUT2D eigenvalue weighted by Gasteiger charge is -2.20. The Balaban J connectivity index is 1.96. The van der Waals surface area contributed by atoms with Gasteiger partial charge in [-0.1, -0.05) is 6.07 Å². The first-order valence-corrected chi connectivity index (χ1v) is 6.38. The summed E-state index contributed by atoms with van der Waals surface area (Å²) in [5.41, 5.74) is 0.480. The van der Waals surface area contributed by atoms with Crippen molar-refractivity contribution < 1.29 is 19.0 Å². The van der Waals surface area contributed by atoms with Gasteiger partial charge in [-0.05, 0) is 32.0 Å². The minimum Gasteiger partial charge on any atom is -0.478 e. The van der Waals surface area contributed by atoms with E-state index in [0.717, 1.165) is 32.1 Å². The summed E-state index contributed by atoms with van der Waals surface area (Å²) in [6.45, 7) is 2.02. The van der Waals surface area contributed by atoms with Crippen molar-refractivity contribution in [2.75, 3.05) is 20.2 Å². The Labute approximate surface area is 111 Å². The molecule has 1 aliphatic heterocycles. The molecule has 2 rings (SSSR count). The lowest BCUT2D eigenvalue weighted by Crippen LogP contribution is -2.28. The van der Waals surface area contributed by atoms with E-state index in [1.807, 2.05) is 11.9 Å². The largest absolute Gasteiger partial charge is 0.478 e. The zero-order chi connectivity index (χ0) is 13.8. The number of aromatic carboxylic acids is 1. The Hall–Kier alpha value is -1.46. The SMILES string of the molecule is CN(Cc1ccc(C(=O)O)cc1F)CC1CCCO1. The van der Waals surface area contributed by atoms with Crippen LogP contribution in [0.2, 0.25) is 0 Å². The molecule has 1 aliphatic rings. The fourth-order valence-electron chi connectivity index (χ4n) is 2.30. The van der Waals surface area contributed by atoms with Crippen LogP contribution in [-0.4, -0.2) is 42.3 Å². The molecule has 1 fully saturated rings. The molecule has 0 spiro atoms. The van der Waals surface area contributed by atoms with Gasteiger partial charge in [-0.15, -0.1) is 0 Å². The molecule has 1 unspecified atom stereocenters. The number of rotatable bonds is 5. The van der Waals surface area contributed by atoms with Gasteiger partial charge in [0, 0.05) is 25.3 Å². The lowest BCUT2D eigenvalue weighted by molar-refractivity contribution is 0.0696. The van der Waals surface area contributed by atoms with E-state index < -0.39 is 11.8 Å². The fourth-order valence-corrected chi connectivity index (χ4v) is 2.30. The van der Waals surface area contributed by atoms with Crippen molar-refractivity contribution in [3.63, 3.8) is 0 Å². The molecule has 0 aliphatic carbocycles. The maximum atomic E-state index is 13.8. The van der Waals surface area contributed by atoms with E-state index in [9.17, 15) is 9.18 Å². The van der Waals surface area contributed by atoms with Gasteiger partial charge in [0.1, 0.15) is 5.82 Å². The first-order valence-electron chi connectivity index (χ1n) is 6.38. The molecule has 1 aromatic carbocycles. The van der Waals surface area contributed by atoms with Gasteiger partial charge in [0.15, 0.2) is 0 Å². The number of carboxylic acid groups (broad SMARTS) is 1. The molecule has 4 nitrogen and oxygen atoms in total. The molecule has 19 heavy (non-hydrogen) atoms. The molecule has 0 bridgehead atoms. The third-order valence-electron chi connectivity index (χ3n) is 3.28. The topological polar surface area (TPSA) is 49.8 Å². The first-order chi connectivity index (χ1) is 9.06.